The number of amides is 2. The van der Waals surface area contributed by atoms with Crippen LogP contribution in [0.3, 0.4) is 0 Å². The number of anilines is 1. The Morgan fingerprint density at radius 1 is 1.08 bits per heavy atom. The highest BCUT2D eigenvalue weighted by atomic mass is 35.5. The van der Waals surface area contributed by atoms with Crippen molar-refractivity contribution in [1.82, 2.24) is 0 Å². The molecule has 7 nitrogen and oxygen atoms in total. The molecular formula is C18H17ClN2O5. The Balaban J connectivity index is 1.86. The van der Waals surface area contributed by atoms with Gasteiger partial charge in [-0.1, -0.05) is 17.7 Å². The minimum atomic E-state index is -0.663. The number of rotatable bonds is 7. The highest BCUT2D eigenvalue weighted by molar-refractivity contribution is 6.31. The lowest BCUT2D eigenvalue weighted by Crippen LogP contribution is -2.21. The number of esters is 1. The molecule has 136 valence electrons. The molecular weight excluding hydrogens is 360 g/mol. The van der Waals surface area contributed by atoms with E-state index in [-0.39, 0.29) is 12.2 Å². The molecule has 3 N–H and O–H groups in total. The van der Waals surface area contributed by atoms with E-state index in [0.29, 0.717) is 16.5 Å². The van der Waals surface area contributed by atoms with Gasteiger partial charge in [-0.05, 0) is 48.9 Å². The van der Waals surface area contributed by atoms with Crippen molar-refractivity contribution in [2.45, 2.75) is 6.92 Å². The van der Waals surface area contributed by atoms with Crippen LogP contribution in [0.15, 0.2) is 42.5 Å². The zero-order valence-electron chi connectivity index (χ0n) is 14.0. The normalized spacial score (nSPS) is 10.1. The minimum Gasteiger partial charge on any atom is -0.484 e. The summed E-state index contributed by atoms with van der Waals surface area (Å²) in [6.45, 7) is 1.07. The lowest BCUT2D eigenvalue weighted by atomic mass is 10.2. The first-order valence-corrected chi connectivity index (χ1v) is 7.98. The number of benzene rings is 2. The first-order valence-electron chi connectivity index (χ1n) is 7.60. The van der Waals surface area contributed by atoms with E-state index in [1.165, 1.54) is 24.3 Å². The van der Waals surface area contributed by atoms with Crippen molar-refractivity contribution in [3.63, 3.8) is 0 Å². The molecule has 0 saturated heterocycles. The summed E-state index contributed by atoms with van der Waals surface area (Å²) >= 11 is 5.98. The molecule has 0 aliphatic carbocycles. The largest absolute Gasteiger partial charge is 0.484 e. The van der Waals surface area contributed by atoms with Gasteiger partial charge in [0.1, 0.15) is 5.75 Å². The van der Waals surface area contributed by atoms with E-state index in [2.05, 4.69) is 5.32 Å². The summed E-state index contributed by atoms with van der Waals surface area (Å²) in [7, 11) is 0. The van der Waals surface area contributed by atoms with Crippen LogP contribution in [0.5, 0.6) is 5.75 Å². The number of carbonyl (C=O) groups is 3. The molecule has 8 heteroatoms. The molecule has 0 aromatic heterocycles. The van der Waals surface area contributed by atoms with E-state index in [9.17, 15) is 14.4 Å². The fraction of sp³-hybridized carbons (Fsp3) is 0.167. The van der Waals surface area contributed by atoms with E-state index in [1.54, 1.807) is 25.1 Å². The molecule has 0 fully saturated rings. The Labute approximate surface area is 155 Å². The van der Waals surface area contributed by atoms with Crippen molar-refractivity contribution in [2.24, 2.45) is 5.73 Å². The van der Waals surface area contributed by atoms with Gasteiger partial charge in [0.2, 0.25) is 0 Å². The molecule has 2 rings (SSSR count). The molecule has 0 aliphatic rings. The highest BCUT2D eigenvalue weighted by Crippen LogP contribution is 2.22. The van der Waals surface area contributed by atoms with Crippen LogP contribution in [0.1, 0.15) is 15.9 Å². The van der Waals surface area contributed by atoms with Crippen molar-refractivity contribution < 1.29 is 23.9 Å². The first-order chi connectivity index (χ1) is 12.4. The van der Waals surface area contributed by atoms with E-state index < -0.39 is 24.4 Å². The Morgan fingerprint density at radius 3 is 2.42 bits per heavy atom. The van der Waals surface area contributed by atoms with Crippen LogP contribution in [0.4, 0.5) is 5.69 Å². The Kier molecular flexibility index (Phi) is 6.57. The summed E-state index contributed by atoms with van der Waals surface area (Å²) < 4.78 is 10.1. The SMILES string of the molecule is Cc1c(Cl)cccc1NC(=O)COC(=O)c1ccc(OCC(N)=O)cc1. The zero-order chi connectivity index (χ0) is 19.1. The van der Waals surface area contributed by atoms with Gasteiger partial charge < -0.3 is 20.5 Å². The van der Waals surface area contributed by atoms with Crippen LogP contribution in [0, 0.1) is 6.92 Å². The fourth-order valence-electron chi connectivity index (χ4n) is 1.99. The third kappa shape index (κ3) is 5.49. The third-order valence-electron chi connectivity index (χ3n) is 3.35. The monoisotopic (exact) mass is 376 g/mol. The molecule has 0 radical (unpaired) electrons. The Morgan fingerprint density at radius 2 is 1.77 bits per heavy atom. The molecule has 0 unspecified atom stereocenters. The molecule has 0 bridgehead atoms. The van der Waals surface area contributed by atoms with Crippen LogP contribution in [0.25, 0.3) is 0 Å². The van der Waals surface area contributed by atoms with Gasteiger partial charge in [-0.2, -0.15) is 0 Å². The Bertz CT molecular complexity index is 821. The second-order valence-electron chi connectivity index (χ2n) is 5.32. The predicted octanol–water partition coefficient (Wildman–Crippen LogP) is 2.31. The van der Waals surface area contributed by atoms with Crippen molar-refractivity contribution in [3.8, 4) is 5.75 Å². The number of nitrogens with two attached hydrogens (primary N) is 1. The van der Waals surface area contributed by atoms with Gasteiger partial charge in [0.25, 0.3) is 11.8 Å². The highest BCUT2D eigenvalue weighted by Gasteiger charge is 2.12. The second-order valence-corrected chi connectivity index (χ2v) is 5.72. The van der Waals surface area contributed by atoms with Crippen molar-refractivity contribution in [3.05, 3.63) is 58.6 Å². The minimum absolute atomic E-state index is 0.239. The lowest BCUT2D eigenvalue weighted by Gasteiger charge is -2.10. The zero-order valence-corrected chi connectivity index (χ0v) is 14.7. The van der Waals surface area contributed by atoms with Crippen LogP contribution in [0.2, 0.25) is 5.02 Å². The molecule has 2 aromatic rings. The fourth-order valence-corrected chi connectivity index (χ4v) is 2.16. The van der Waals surface area contributed by atoms with Gasteiger partial charge in [-0.25, -0.2) is 4.79 Å². The summed E-state index contributed by atoms with van der Waals surface area (Å²) in [5.41, 5.74) is 6.49. The van der Waals surface area contributed by atoms with Crippen molar-refractivity contribution >= 4 is 35.1 Å². The molecule has 0 atom stereocenters. The Hall–Kier alpha value is -3.06. The van der Waals surface area contributed by atoms with Gasteiger partial charge in [0.15, 0.2) is 13.2 Å². The molecule has 2 aromatic carbocycles. The molecule has 26 heavy (non-hydrogen) atoms. The van der Waals surface area contributed by atoms with Crippen LogP contribution < -0.4 is 15.8 Å². The molecule has 0 heterocycles. The molecule has 0 saturated carbocycles. The van der Waals surface area contributed by atoms with Crippen LogP contribution in [-0.2, 0) is 14.3 Å². The number of hydrogen-bond donors (Lipinski definition) is 2. The van der Waals surface area contributed by atoms with Crippen LogP contribution >= 0.6 is 11.6 Å². The van der Waals surface area contributed by atoms with Gasteiger partial charge >= 0.3 is 5.97 Å². The molecule has 2 amide bonds. The molecule has 0 aliphatic heterocycles. The number of halogens is 1. The maximum absolute atomic E-state index is 12.0. The van der Waals surface area contributed by atoms with Crippen molar-refractivity contribution in [1.29, 1.82) is 0 Å². The smallest absolute Gasteiger partial charge is 0.338 e. The molecule has 0 spiro atoms. The van der Waals surface area contributed by atoms with Gasteiger partial charge in [-0.15, -0.1) is 0 Å². The van der Waals surface area contributed by atoms with E-state index in [4.69, 9.17) is 26.8 Å². The van der Waals surface area contributed by atoms with Gasteiger partial charge in [-0.3, -0.25) is 9.59 Å². The number of carbonyl (C=O) groups excluding carboxylic acids is 3. The maximum Gasteiger partial charge on any atom is 0.338 e. The second kappa shape index (κ2) is 8.87. The van der Waals surface area contributed by atoms with Gasteiger partial charge in [0, 0.05) is 10.7 Å². The van der Waals surface area contributed by atoms with Gasteiger partial charge in [0.05, 0.1) is 5.56 Å². The summed E-state index contributed by atoms with van der Waals surface area (Å²) in [6, 6.07) is 11.0. The first kappa shape index (κ1) is 19.3. The summed E-state index contributed by atoms with van der Waals surface area (Å²) in [4.78, 5) is 34.5. The number of hydrogen-bond acceptors (Lipinski definition) is 5. The number of ether oxygens (including phenoxy) is 2. The topological polar surface area (TPSA) is 108 Å². The van der Waals surface area contributed by atoms with E-state index in [1.807, 2.05) is 0 Å². The standard InChI is InChI=1S/C18H17ClN2O5/c1-11-14(19)3-2-4-15(11)21-17(23)10-26-18(24)12-5-7-13(8-6-12)25-9-16(20)22/h2-8H,9-10H2,1H3,(H2,20,22)(H,21,23). The predicted molar refractivity (Wildman–Crippen MR) is 96.2 cm³/mol. The summed E-state index contributed by atoms with van der Waals surface area (Å²) in [6.07, 6.45) is 0. The quantitative estimate of drug-likeness (QED) is 0.721. The lowest BCUT2D eigenvalue weighted by molar-refractivity contribution is -0.120. The van der Waals surface area contributed by atoms with E-state index >= 15 is 0 Å². The summed E-state index contributed by atoms with van der Waals surface area (Å²) in [5.74, 6) is -1.36. The van der Waals surface area contributed by atoms with Crippen molar-refractivity contribution in [2.75, 3.05) is 18.5 Å². The van der Waals surface area contributed by atoms with E-state index in [0.717, 1.165) is 5.56 Å². The summed E-state index contributed by atoms with van der Waals surface area (Å²) in [5, 5.41) is 3.16. The number of nitrogens with one attached hydrogen (secondary N) is 1. The maximum atomic E-state index is 12.0. The van der Waals surface area contributed by atoms with Crippen LogP contribution in [-0.4, -0.2) is 31.0 Å². The number of primary amides is 1. The third-order valence-corrected chi connectivity index (χ3v) is 3.76. The average Bonchev–Trinajstić information content (AvgIpc) is 2.62. The average molecular weight is 377 g/mol.